The number of pyridine rings is 1. The smallest absolute Gasteiger partial charge is 0.273 e. The normalized spacial score (nSPS) is 22.1. The van der Waals surface area contributed by atoms with Crippen LogP contribution >= 0.6 is 0 Å². The second-order valence-corrected chi connectivity index (χ2v) is 4.83. The van der Waals surface area contributed by atoms with Crippen molar-refractivity contribution >= 4 is 5.91 Å². The molecule has 1 amide bonds. The number of hydrogen-bond donors (Lipinski definition) is 1. The first-order chi connectivity index (χ1) is 9.61. The molecule has 0 radical (unpaired) electrons. The Kier molecular flexibility index (Phi) is 4.72. The van der Waals surface area contributed by atoms with Crippen molar-refractivity contribution in [1.82, 2.24) is 9.88 Å². The Bertz CT molecular complexity index is 538. The van der Waals surface area contributed by atoms with Gasteiger partial charge in [-0.05, 0) is 26.0 Å². The summed E-state index contributed by atoms with van der Waals surface area (Å²) in [5.74, 6) is 5.17. The van der Waals surface area contributed by atoms with Crippen molar-refractivity contribution in [2.45, 2.75) is 26.1 Å². The number of aromatic nitrogens is 1. The van der Waals surface area contributed by atoms with Crippen LogP contribution in [0.4, 0.5) is 0 Å². The molecule has 2 atom stereocenters. The predicted molar refractivity (Wildman–Crippen MR) is 74.1 cm³/mol. The summed E-state index contributed by atoms with van der Waals surface area (Å²) in [5.41, 5.74) is 0.869. The number of amides is 1. The second-order valence-electron chi connectivity index (χ2n) is 4.83. The maximum atomic E-state index is 12.6. The first-order valence-corrected chi connectivity index (χ1v) is 6.61. The molecular weight excluding hydrogens is 256 g/mol. The van der Waals surface area contributed by atoms with E-state index >= 15 is 0 Å². The molecule has 1 aromatic rings. The molecule has 1 saturated heterocycles. The van der Waals surface area contributed by atoms with Crippen LogP contribution in [0, 0.1) is 11.8 Å². The largest absolute Gasteiger partial charge is 0.384 e. The Hall–Kier alpha value is -1.90. The molecule has 5 heteroatoms. The SMILES string of the molecule is C[C@@H]1CN(C(=O)c2ncccc2C#CCO)C[C@H](C)O1. The molecule has 106 valence electrons. The van der Waals surface area contributed by atoms with Gasteiger partial charge in [-0.2, -0.15) is 0 Å². The van der Waals surface area contributed by atoms with Gasteiger partial charge in [-0.15, -0.1) is 0 Å². The van der Waals surface area contributed by atoms with E-state index in [1.54, 1.807) is 23.2 Å². The van der Waals surface area contributed by atoms with Crippen molar-refractivity contribution in [2.75, 3.05) is 19.7 Å². The molecule has 1 fully saturated rings. The molecule has 0 aliphatic carbocycles. The van der Waals surface area contributed by atoms with Crippen molar-refractivity contribution < 1.29 is 14.6 Å². The maximum Gasteiger partial charge on any atom is 0.273 e. The summed E-state index contributed by atoms with van der Waals surface area (Å²) in [5, 5.41) is 8.77. The Morgan fingerprint density at radius 2 is 2.20 bits per heavy atom. The van der Waals surface area contributed by atoms with Crippen LogP contribution in [0.15, 0.2) is 18.3 Å². The summed E-state index contributed by atoms with van der Waals surface area (Å²) >= 11 is 0. The van der Waals surface area contributed by atoms with E-state index in [1.165, 1.54) is 0 Å². The van der Waals surface area contributed by atoms with Crippen LogP contribution in [0.1, 0.15) is 29.9 Å². The number of rotatable bonds is 1. The number of carbonyl (C=O) groups excluding carboxylic acids is 1. The third-order valence-corrected chi connectivity index (χ3v) is 3.02. The van der Waals surface area contributed by atoms with Crippen LogP contribution < -0.4 is 0 Å². The minimum absolute atomic E-state index is 0.0124. The predicted octanol–water partition coefficient (Wildman–Crippen LogP) is 0.675. The zero-order chi connectivity index (χ0) is 14.5. The van der Waals surface area contributed by atoms with Gasteiger partial charge in [0.15, 0.2) is 0 Å². The molecule has 0 unspecified atom stereocenters. The van der Waals surface area contributed by atoms with Crippen LogP contribution in [0.2, 0.25) is 0 Å². The van der Waals surface area contributed by atoms with Gasteiger partial charge in [0, 0.05) is 19.3 Å². The molecule has 1 N–H and O–H groups in total. The van der Waals surface area contributed by atoms with Crippen molar-refractivity contribution in [1.29, 1.82) is 0 Å². The third-order valence-electron chi connectivity index (χ3n) is 3.02. The summed E-state index contributed by atoms with van der Waals surface area (Å²) in [4.78, 5) is 18.4. The fraction of sp³-hybridized carbons (Fsp3) is 0.467. The van der Waals surface area contributed by atoms with E-state index in [4.69, 9.17) is 9.84 Å². The highest BCUT2D eigenvalue weighted by Gasteiger charge is 2.28. The Balaban J connectivity index is 2.24. The van der Waals surface area contributed by atoms with Crippen LogP contribution in [0.25, 0.3) is 0 Å². The number of carbonyl (C=O) groups is 1. The third kappa shape index (κ3) is 3.35. The number of ether oxygens (including phenoxy) is 1. The lowest BCUT2D eigenvalue weighted by Gasteiger charge is -2.35. The Morgan fingerprint density at radius 3 is 2.85 bits per heavy atom. The van der Waals surface area contributed by atoms with Gasteiger partial charge >= 0.3 is 0 Å². The van der Waals surface area contributed by atoms with Gasteiger partial charge in [0.2, 0.25) is 0 Å². The minimum Gasteiger partial charge on any atom is -0.384 e. The second kappa shape index (κ2) is 6.51. The van der Waals surface area contributed by atoms with E-state index < -0.39 is 0 Å². The molecule has 0 bridgehead atoms. The van der Waals surface area contributed by atoms with E-state index in [9.17, 15) is 4.79 Å². The quantitative estimate of drug-likeness (QED) is 0.765. The number of aliphatic hydroxyl groups is 1. The van der Waals surface area contributed by atoms with Crippen LogP contribution in [-0.4, -0.2) is 52.8 Å². The maximum absolute atomic E-state index is 12.6. The monoisotopic (exact) mass is 274 g/mol. The molecule has 0 spiro atoms. The zero-order valence-corrected chi connectivity index (χ0v) is 11.7. The molecule has 5 nitrogen and oxygen atoms in total. The summed E-state index contributed by atoms with van der Waals surface area (Å²) in [6.45, 7) is 4.75. The van der Waals surface area contributed by atoms with Crippen molar-refractivity contribution in [3.05, 3.63) is 29.6 Å². The number of hydrogen-bond acceptors (Lipinski definition) is 4. The van der Waals surface area contributed by atoms with Gasteiger partial charge in [0.1, 0.15) is 12.3 Å². The van der Waals surface area contributed by atoms with Gasteiger partial charge in [0.25, 0.3) is 5.91 Å². The fourth-order valence-corrected chi connectivity index (χ4v) is 2.30. The molecule has 0 aromatic carbocycles. The van der Waals surface area contributed by atoms with Crippen molar-refractivity contribution in [3.63, 3.8) is 0 Å². The summed E-state index contributed by atoms with van der Waals surface area (Å²) in [6, 6.07) is 3.46. The average Bonchev–Trinajstić information content (AvgIpc) is 2.43. The van der Waals surface area contributed by atoms with Gasteiger partial charge in [-0.3, -0.25) is 4.79 Å². The van der Waals surface area contributed by atoms with Gasteiger partial charge in [-0.1, -0.05) is 11.8 Å². The number of nitrogens with zero attached hydrogens (tertiary/aromatic N) is 2. The lowest BCUT2D eigenvalue weighted by molar-refractivity contribution is -0.0587. The topological polar surface area (TPSA) is 62.7 Å². The highest BCUT2D eigenvalue weighted by molar-refractivity contribution is 5.94. The van der Waals surface area contributed by atoms with E-state index in [0.717, 1.165) is 0 Å². The minimum atomic E-state index is -0.242. The lowest BCUT2D eigenvalue weighted by Crippen LogP contribution is -2.48. The van der Waals surface area contributed by atoms with E-state index in [2.05, 4.69) is 16.8 Å². The summed E-state index contributed by atoms with van der Waals surface area (Å²) < 4.78 is 5.62. The van der Waals surface area contributed by atoms with Crippen molar-refractivity contribution in [3.8, 4) is 11.8 Å². The average molecular weight is 274 g/mol. The standard InChI is InChI=1S/C15H18N2O3/c1-11-9-17(10-12(2)20-11)15(19)14-13(6-4-8-18)5-3-7-16-14/h3,5,7,11-12,18H,8-10H2,1-2H3/t11-,12+. The highest BCUT2D eigenvalue weighted by atomic mass is 16.5. The lowest BCUT2D eigenvalue weighted by atomic mass is 10.1. The van der Waals surface area contributed by atoms with Crippen LogP contribution in [0.5, 0.6) is 0 Å². The van der Waals surface area contributed by atoms with Gasteiger partial charge in [0.05, 0.1) is 17.8 Å². The van der Waals surface area contributed by atoms with Crippen LogP contribution in [-0.2, 0) is 4.74 Å². The first kappa shape index (κ1) is 14.5. The van der Waals surface area contributed by atoms with E-state index in [1.807, 2.05) is 13.8 Å². The van der Waals surface area contributed by atoms with Gasteiger partial charge < -0.3 is 14.7 Å². The molecule has 1 aromatic heterocycles. The zero-order valence-electron chi connectivity index (χ0n) is 11.7. The molecule has 2 heterocycles. The van der Waals surface area contributed by atoms with Crippen LogP contribution in [0.3, 0.4) is 0 Å². The van der Waals surface area contributed by atoms with E-state index in [-0.39, 0.29) is 24.7 Å². The molecular formula is C15H18N2O3. The number of aliphatic hydroxyl groups excluding tert-OH is 1. The fourth-order valence-electron chi connectivity index (χ4n) is 2.30. The van der Waals surface area contributed by atoms with Crippen molar-refractivity contribution in [2.24, 2.45) is 0 Å². The number of morpholine rings is 1. The Labute approximate surface area is 118 Å². The highest BCUT2D eigenvalue weighted by Crippen LogP contribution is 2.15. The molecule has 20 heavy (non-hydrogen) atoms. The summed E-state index contributed by atoms with van der Waals surface area (Å²) in [6.07, 6.45) is 1.60. The first-order valence-electron chi connectivity index (χ1n) is 6.61. The molecule has 1 aliphatic rings. The summed E-state index contributed by atoms with van der Waals surface area (Å²) in [7, 11) is 0. The van der Waals surface area contributed by atoms with Gasteiger partial charge in [-0.25, -0.2) is 4.98 Å². The molecule has 2 rings (SSSR count). The molecule has 0 saturated carbocycles. The van der Waals surface area contributed by atoms with E-state index in [0.29, 0.717) is 24.3 Å². The molecule has 1 aliphatic heterocycles. The Morgan fingerprint density at radius 1 is 1.50 bits per heavy atom.